The van der Waals surface area contributed by atoms with Crippen LogP contribution in [-0.4, -0.2) is 53.6 Å². The summed E-state index contributed by atoms with van der Waals surface area (Å²) in [4.78, 5) is 17.4. The maximum absolute atomic E-state index is 12.8. The maximum atomic E-state index is 12.8. The van der Waals surface area contributed by atoms with Crippen molar-refractivity contribution in [1.29, 1.82) is 0 Å². The number of likely N-dealkylation sites (tertiary alicyclic amines) is 1. The lowest BCUT2D eigenvalue weighted by atomic mass is 9.94. The summed E-state index contributed by atoms with van der Waals surface area (Å²) in [7, 11) is 0. The number of nitrogens with one attached hydrogen (secondary N) is 1. The molecule has 1 aliphatic carbocycles. The molecule has 2 heterocycles. The zero-order valence-corrected chi connectivity index (χ0v) is 13.0. The van der Waals surface area contributed by atoms with Crippen LogP contribution >= 0.6 is 0 Å². The van der Waals surface area contributed by atoms with E-state index in [-0.39, 0.29) is 11.7 Å². The Hall–Kier alpha value is -0.610. The first kappa shape index (κ1) is 14.3. The summed E-state index contributed by atoms with van der Waals surface area (Å²) in [6.07, 6.45) is 7.21. The summed E-state index contributed by atoms with van der Waals surface area (Å²) >= 11 is 0. The highest BCUT2D eigenvalue weighted by molar-refractivity contribution is 5.89. The molecule has 1 unspecified atom stereocenters. The molecule has 3 rings (SSSR count). The zero-order valence-electron chi connectivity index (χ0n) is 13.0. The lowest BCUT2D eigenvalue weighted by Crippen LogP contribution is -2.45. The van der Waals surface area contributed by atoms with Crippen molar-refractivity contribution in [2.24, 2.45) is 5.92 Å². The molecule has 2 aliphatic heterocycles. The van der Waals surface area contributed by atoms with E-state index in [0.29, 0.717) is 11.8 Å². The third kappa shape index (κ3) is 2.48. The van der Waals surface area contributed by atoms with E-state index in [4.69, 9.17) is 0 Å². The second kappa shape index (κ2) is 5.64. The molecule has 3 aliphatic rings. The van der Waals surface area contributed by atoms with Crippen LogP contribution in [0.4, 0.5) is 0 Å². The fourth-order valence-electron chi connectivity index (χ4n) is 4.33. The number of piperidine rings is 1. The number of carbonyl (C=O) groups is 1. The van der Waals surface area contributed by atoms with Crippen molar-refractivity contribution in [3.63, 3.8) is 0 Å². The van der Waals surface area contributed by atoms with Crippen LogP contribution in [0.25, 0.3) is 0 Å². The van der Waals surface area contributed by atoms with Gasteiger partial charge < -0.3 is 9.80 Å². The molecule has 3 fully saturated rings. The molecule has 4 heteroatoms. The van der Waals surface area contributed by atoms with E-state index in [1.54, 1.807) is 0 Å². The van der Waals surface area contributed by atoms with Crippen LogP contribution in [0.2, 0.25) is 0 Å². The third-order valence-electron chi connectivity index (χ3n) is 5.69. The second-order valence-electron chi connectivity index (χ2n) is 6.94. The molecule has 1 spiro atoms. The molecule has 1 saturated carbocycles. The average molecular weight is 279 g/mol. The molecular weight excluding hydrogens is 250 g/mol. The topological polar surface area (TPSA) is 35.6 Å². The van der Waals surface area contributed by atoms with Gasteiger partial charge in [-0.05, 0) is 58.2 Å². The quantitative estimate of drug-likeness (QED) is 0.856. The summed E-state index contributed by atoms with van der Waals surface area (Å²) in [5.41, 5.74) is -0.191. The maximum Gasteiger partial charge on any atom is 0.244 e. The van der Waals surface area contributed by atoms with E-state index in [9.17, 15) is 4.79 Å². The van der Waals surface area contributed by atoms with E-state index >= 15 is 0 Å². The number of nitrogens with zero attached hydrogens (tertiary/aromatic N) is 2. The summed E-state index contributed by atoms with van der Waals surface area (Å²) in [5.74, 6) is 1.09. The van der Waals surface area contributed by atoms with Gasteiger partial charge in [0.25, 0.3) is 0 Å². The molecule has 0 radical (unpaired) electrons. The van der Waals surface area contributed by atoms with Crippen molar-refractivity contribution in [1.82, 2.24) is 15.1 Å². The fourth-order valence-corrected chi connectivity index (χ4v) is 4.33. The Morgan fingerprint density at radius 3 is 2.50 bits per heavy atom. The summed E-state index contributed by atoms with van der Waals surface area (Å²) in [6.45, 7) is 8.93. The molecule has 1 amide bonds. The van der Waals surface area contributed by atoms with Crippen molar-refractivity contribution >= 4 is 5.91 Å². The highest BCUT2D eigenvalue weighted by Gasteiger charge is 2.51. The van der Waals surface area contributed by atoms with E-state index in [0.717, 1.165) is 25.9 Å². The van der Waals surface area contributed by atoms with Crippen LogP contribution in [-0.2, 0) is 4.79 Å². The van der Waals surface area contributed by atoms with Gasteiger partial charge in [-0.25, -0.2) is 0 Å². The number of hydrogen-bond acceptors (Lipinski definition) is 3. The Morgan fingerprint density at radius 2 is 1.90 bits per heavy atom. The summed E-state index contributed by atoms with van der Waals surface area (Å²) in [6, 6.07) is 0. The van der Waals surface area contributed by atoms with Gasteiger partial charge in [0.05, 0.1) is 11.7 Å². The number of carbonyl (C=O) groups excluding carboxylic acids is 1. The normalized spacial score (nSPS) is 31.6. The largest absolute Gasteiger partial charge is 0.326 e. The van der Waals surface area contributed by atoms with Gasteiger partial charge in [-0.1, -0.05) is 19.8 Å². The Morgan fingerprint density at radius 1 is 1.25 bits per heavy atom. The van der Waals surface area contributed by atoms with Gasteiger partial charge in [0.1, 0.15) is 0 Å². The van der Waals surface area contributed by atoms with Gasteiger partial charge in [-0.2, -0.15) is 0 Å². The molecule has 0 aromatic rings. The molecule has 20 heavy (non-hydrogen) atoms. The van der Waals surface area contributed by atoms with Gasteiger partial charge in [0, 0.05) is 6.54 Å². The smallest absolute Gasteiger partial charge is 0.244 e. The first-order chi connectivity index (χ1) is 9.64. The molecule has 0 bridgehead atoms. The van der Waals surface area contributed by atoms with Crippen molar-refractivity contribution < 1.29 is 4.79 Å². The van der Waals surface area contributed by atoms with E-state index in [2.05, 4.69) is 29.0 Å². The minimum absolute atomic E-state index is 0.191. The monoisotopic (exact) mass is 279 g/mol. The Bertz CT molecular complexity index is 357. The molecule has 0 aromatic heterocycles. The molecule has 1 atom stereocenters. The van der Waals surface area contributed by atoms with E-state index < -0.39 is 0 Å². The van der Waals surface area contributed by atoms with Crippen LogP contribution in [0, 0.1) is 5.92 Å². The number of amides is 1. The minimum Gasteiger partial charge on any atom is -0.326 e. The van der Waals surface area contributed by atoms with Crippen LogP contribution in [0.5, 0.6) is 0 Å². The Balaban J connectivity index is 1.59. The summed E-state index contributed by atoms with van der Waals surface area (Å²) in [5, 5.41) is 3.60. The molecular formula is C16H29N3O. The SMILES string of the molecule is CCN1CCC(CN2C(=O)C3(CCCC3)NC2C)CC1. The third-order valence-corrected chi connectivity index (χ3v) is 5.69. The van der Waals surface area contributed by atoms with Gasteiger partial charge in [0.15, 0.2) is 0 Å². The molecule has 114 valence electrons. The van der Waals surface area contributed by atoms with Crippen LogP contribution < -0.4 is 5.32 Å². The average Bonchev–Trinajstić information content (AvgIpc) is 3.01. The van der Waals surface area contributed by atoms with Crippen molar-refractivity contribution in [3.8, 4) is 0 Å². The molecule has 0 aromatic carbocycles. The van der Waals surface area contributed by atoms with Crippen LogP contribution in [0.1, 0.15) is 52.4 Å². The Labute approximate surface area is 122 Å². The van der Waals surface area contributed by atoms with Crippen LogP contribution in [0.3, 0.4) is 0 Å². The van der Waals surface area contributed by atoms with Crippen molar-refractivity contribution in [3.05, 3.63) is 0 Å². The molecule has 1 N–H and O–H groups in total. The van der Waals surface area contributed by atoms with Gasteiger partial charge in [-0.15, -0.1) is 0 Å². The lowest BCUT2D eigenvalue weighted by Gasteiger charge is -2.34. The van der Waals surface area contributed by atoms with Crippen molar-refractivity contribution in [2.45, 2.75) is 64.1 Å². The highest BCUT2D eigenvalue weighted by Crippen LogP contribution is 2.37. The van der Waals surface area contributed by atoms with E-state index in [1.807, 2.05) is 0 Å². The van der Waals surface area contributed by atoms with Gasteiger partial charge in [0.2, 0.25) is 5.91 Å². The Kier molecular flexibility index (Phi) is 4.04. The number of rotatable bonds is 3. The predicted molar refractivity (Wildman–Crippen MR) is 80.3 cm³/mol. The number of hydrogen-bond donors (Lipinski definition) is 1. The standard InChI is InChI=1S/C16H29N3O/c1-3-18-10-6-14(7-11-18)12-19-13(2)17-16(15(19)20)8-4-5-9-16/h13-14,17H,3-12H2,1-2H3. The van der Waals surface area contributed by atoms with Gasteiger partial charge >= 0.3 is 0 Å². The highest BCUT2D eigenvalue weighted by atomic mass is 16.2. The minimum atomic E-state index is -0.191. The first-order valence-corrected chi connectivity index (χ1v) is 8.46. The first-order valence-electron chi connectivity index (χ1n) is 8.46. The van der Waals surface area contributed by atoms with Crippen LogP contribution in [0.15, 0.2) is 0 Å². The summed E-state index contributed by atoms with van der Waals surface area (Å²) < 4.78 is 0. The zero-order chi connectivity index (χ0) is 14.2. The molecule has 2 saturated heterocycles. The van der Waals surface area contributed by atoms with Gasteiger partial charge in [-0.3, -0.25) is 10.1 Å². The predicted octanol–water partition coefficient (Wildman–Crippen LogP) is 1.81. The second-order valence-corrected chi connectivity index (χ2v) is 6.94. The fraction of sp³-hybridized carbons (Fsp3) is 0.938. The van der Waals surface area contributed by atoms with Crippen molar-refractivity contribution in [2.75, 3.05) is 26.2 Å². The molecule has 4 nitrogen and oxygen atoms in total. The van der Waals surface area contributed by atoms with E-state index in [1.165, 1.54) is 38.8 Å². The lowest BCUT2D eigenvalue weighted by molar-refractivity contribution is -0.133.